The molecule has 0 spiro atoms. The van der Waals surface area contributed by atoms with E-state index in [0.717, 1.165) is 23.0 Å². The molecule has 0 aliphatic heterocycles. The number of fused-ring (bicyclic) bond motifs is 1. The van der Waals surface area contributed by atoms with E-state index in [1.807, 2.05) is 24.3 Å². The molecule has 0 radical (unpaired) electrons. The molecular formula is C21H24ClN3S. The number of hydrogen-bond donors (Lipinski definition) is 2. The zero-order valence-corrected chi connectivity index (χ0v) is 16.9. The number of benzene rings is 2. The first-order chi connectivity index (χ1) is 12.4. The van der Waals surface area contributed by atoms with Gasteiger partial charge in [0.05, 0.1) is 5.52 Å². The quantitative estimate of drug-likeness (QED) is 0.574. The molecule has 0 bridgehead atoms. The standard InChI is InChI=1S/C21H24ClN3S/c1-21(2,25-13-14-4-7-16(26-3)8-5-14)20(23)18-10-11-24-19-12-15(22)6-9-17(18)19/h4-12,20,25H,13,23H2,1-3H3. The van der Waals surface area contributed by atoms with Crippen LogP contribution < -0.4 is 11.1 Å². The molecule has 3 nitrogen and oxygen atoms in total. The number of aromatic nitrogens is 1. The summed E-state index contributed by atoms with van der Waals surface area (Å²) in [6, 6.07) is 16.2. The number of nitrogens with one attached hydrogen (secondary N) is 1. The molecule has 1 heterocycles. The third kappa shape index (κ3) is 4.21. The predicted octanol–water partition coefficient (Wildman–Crippen LogP) is 5.18. The number of pyridine rings is 1. The van der Waals surface area contributed by atoms with Crippen molar-refractivity contribution in [2.24, 2.45) is 5.73 Å². The molecule has 3 rings (SSSR count). The summed E-state index contributed by atoms with van der Waals surface area (Å²) < 4.78 is 0. The Morgan fingerprint density at radius 2 is 1.88 bits per heavy atom. The Hall–Kier alpha value is -1.59. The maximum absolute atomic E-state index is 6.66. The molecule has 2 aromatic carbocycles. The van der Waals surface area contributed by atoms with Crippen LogP contribution in [0.15, 0.2) is 59.6 Å². The predicted molar refractivity (Wildman–Crippen MR) is 113 cm³/mol. The van der Waals surface area contributed by atoms with E-state index in [-0.39, 0.29) is 11.6 Å². The molecule has 3 N–H and O–H groups in total. The van der Waals surface area contributed by atoms with E-state index in [9.17, 15) is 0 Å². The summed E-state index contributed by atoms with van der Waals surface area (Å²) in [5.74, 6) is 0. The Kier molecular flexibility index (Phi) is 5.88. The monoisotopic (exact) mass is 385 g/mol. The number of nitrogens with zero attached hydrogens (tertiary/aromatic N) is 1. The zero-order chi connectivity index (χ0) is 18.7. The van der Waals surface area contributed by atoms with Crippen LogP contribution >= 0.6 is 23.4 Å². The highest BCUT2D eigenvalue weighted by atomic mass is 35.5. The second kappa shape index (κ2) is 7.97. The Balaban J connectivity index is 1.80. The van der Waals surface area contributed by atoms with Gasteiger partial charge in [-0.15, -0.1) is 11.8 Å². The van der Waals surface area contributed by atoms with E-state index in [1.54, 1.807) is 18.0 Å². The van der Waals surface area contributed by atoms with Crippen LogP contribution in [-0.2, 0) is 6.54 Å². The lowest BCUT2D eigenvalue weighted by molar-refractivity contribution is 0.322. The molecule has 0 aliphatic rings. The molecular weight excluding hydrogens is 362 g/mol. The number of thioether (sulfide) groups is 1. The molecule has 1 atom stereocenters. The molecule has 0 saturated heterocycles. The van der Waals surface area contributed by atoms with Gasteiger partial charge in [-0.05, 0) is 61.6 Å². The summed E-state index contributed by atoms with van der Waals surface area (Å²) in [6.07, 6.45) is 3.88. The van der Waals surface area contributed by atoms with Crippen molar-refractivity contribution >= 4 is 34.3 Å². The third-order valence-corrected chi connectivity index (χ3v) is 5.74. The highest BCUT2D eigenvalue weighted by molar-refractivity contribution is 7.98. The third-order valence-electron chi connectivity index (χ3n) is 4.76. The molecule has 3 aromatic rings. The van der Waals surface area contributed by atoms with E-state index < -0.39 is 0 Å². The van der Waals surface area contributed by atoms with Crippen molar-refractivity contribution in [3.63, 3.8) is 0 Å². The molecule has 1 aromatic heterocycles. The number of rotatable bonds is 6. The first kappa shape index (κ1) is 19.2. The van der Waals surface area contributed by atoms with Gasteiger partial charge in [0, 0.05) is 39.6 Å². The summed E-state index contributed by atoms with van der Waals surface area (Å²) >= 11 is 7.84. The van der Waals surface area contributed by atoms with Crippen molar-refractivity contribution in [2.75, 3.05) is 6.26 Å². The van der Waals surface area contributed by atoms with Gasteiger partial charge >= 0.3 is 0 Å². The van der Waals surface area contributed by atoms with Gasteiger partial charge in [0.15, 0.2) is 0 Å². The largest absolute Gasteiger partial charge is 0.322 e. The fraction of sp³-hybridized carbons (Fsp3) is 0.286. The van der Waals surface area contributed by atoms with Gasteiger partial charge in [-0.25, -0.2) is 0 Å². The Labute approximate surface area is 164 Å². The van der Waals surface area contributed by atoms with Crippen LogP contribution in [0.4, 0.5) is 0 Å². The molecule has 136 valence electrons. The molecule has 0 amide bonds. The van der Waals surface area contributed by atoms with E-state index >= 15 is 0 Å². The van der Waals surface area contributed by atoms with Crippen molar-refractivity contribution in [2.45, 2.75) is 36.9 Å². The fourth-order valence-electron chi connectivity index (χ4n) is 2.99. The first-order valence-electron chi connectivity index (χ1n) is 8.58. The summed E-state index contributed by atoms with van der Waals surface area (Å²) in [6.45, 7) is 5.04. The second-order valence-corrected chi connectivity index (χ2v) is 8.28. The minimum atomic E-state index is -0.286. The van der Waals surface area contributed by atoms with Gasteiger partial charge in [0.1, 0.15) is 0 Å². The highest BCUT2D eigenvalue weighted by Gasteiger charge is 2.28. The van der Waals surface area contributed by atoms with Crippen LogP contribution in [-0.4, -0.2) is 16.8 Å². The summed E-state index contributed by atoms with van der Waals surface area (Å²) in [5, 5.41) is 5.34. The second-order valence-electron chi connectivity index (χ2n) is 6.96. The zero-order valence-electron chi connectivity index (χ0n) is 15.3. The van der Waals surface area contributed by atoms with Gasteiger partial charge in [-0.1, -0.05) is 29.8 Å². The highest BCUT2D eigenvalue weighted by Crippen LogP contribution is 2.30. The fourth-order valence-corrected chi connectivity index (χ4v) is 3.56. The van der Waals surface area contributed by atoms with E-state index in [1.165, 1.54) is 10.5 Å². The van der Waals surface area contributed by atoms with Crippen LogP contribution in [0.2, 0.25) is 5.02 Å². The van der Waals surface area contributed by atoms with Gasteiger partial charge in [-0.3, -0.25) is 4.98 Å². The molecule has 5 heteroatoms. The van der Waals surface area contributed by atoms with Crippen molar-refractivity contribution < 1.29 is 0 Å². The Bertz CT molecular complexity index is 893. The minimum Gasteiger partial charge on any atom is -0.322 e. The molecule has 0 saturated carbocycles. The lowest BCUT2D eigenvalue weighted by Crippen LogP contribution is -2.48. The van der Waals surface area contributed by atoms with Gasteiger partial charge in [0.25, 0.3) is 0 Å². The smallest absolute Gasteiger partial charge is 0.0720 e. The van der Waals surface area contributed by atoms with Gasteiger partial charge in [0.2, 0.25) is 0 Å². The van der Waals surface area contributed by atoms with Gasteiger partial charge < -0.3 is 11.1 Å². The Morgan fingerprint density at radius 1 is 1.15 bits per heavy atom. The molecule has 1 unspecified atom stereocenters. The van der Waals surface area contributed by atoms with Crippen LogP contribution in [0, 0.1) is 0 Å². The molecule has 0 fully saturated rings. The minimum absolute atomic E-state index is 0.181. The lowest BCUT2D eigenvalue weighted by Gasteiger charge is -2.34. The molecule has 26 heavy (non-hydrogen) atoms. The van der Waals surface area contributed by atoms with Crippen LogP contribution in [0.25, 0.3) is 10.9 Å². The summed E-state index contributed by atoms with van der Waals surface area (Å²) in [7, 11) is 0. The van der Waals surface area contributed by atoms with Gasteiger partial charge in [-0.2, -0.15) is 0 Å². The average Bonchev–Trinajstić information content (AvgIpc) is 2.65. The SMILES string of the molecule is CSc1ccc(CNC(C)(C)C(N)c2ccnc3cc(Cl)ccc23)cc1. The normalized spacial score (nSPS) is 13.1. The number of halogens is 1. The summed E-state index contributed by atoms with van der Waals surface area (Å²) in [5.41, 5.74) is 9.56. The van der Waals surface area contributed by atoms with Crippen molar-refractivity contribution in [3.05, 3.63) is 70.9 Å². The average molecular weight is 386 g/mol. The van der Waals surface area contributed by atoms with Crippen LogP contribution in [0.1, 0.15) is 31.0 Å². The van der Waals surface area contributed by atoms with Crippen LogP contribution in [0.3, 0.4) is 0 Å². The lowest BCUT2D eigenvalue weighted by atomic mass is 9.87. The topological polar surface area (TPSA) is 50.9 Å². The summed E-state index contributed by atoms with van der Waals surface area (Å²) in [4.78, 5) is 5.68. The number of nitrogens with two attached hydrogens (primary N) is 1. The maximum Gasteiger partial charge on any atom is 0.0720 e. The Morgan fingerprint density at radius 3 is 2.58 bits per heavy atom. The van der Waals surface area contributed by atoms with E-state index in [2.05, 4.69) is 54.7 Å². The van der Waals surface area contributed by atoms with Crippen molar-refractivity contribution in [1.82, 2.24) is 10.3 Å². The first-order valence-corrected chi connectivity index (χ1v) is 10.2. The van der Waals surface area contributed by atoms with Crippen molar-refractivity contribution in [3.8, 4) is 0 Å². The van der Waals surface area contributed by atoms with Crippen LogP contribution in [0.5, 0.6) is 0 Å². The van der Waals surface area contributed by atoms with E-state index in [4.69, 9.17) is 17.3 Å². The van der Waals surface area contributed by atoms with E-state index in [0.29, 0.717) is 5.02 Å². The molecule has 0 aliphatic carbocycles. The maximum atomic E-state index is 6.66. The van der Waals surface area contributed by atoms with Crippen molar-refractivity contribution in [1.29, 1.82) is 0 Å². The number of hydrogen-bond acceptors (Lipinski definition) is 4.